The third-order valence-corrected chi connectivity index (χ3v) is 2.25. The normalized spacial score (nSPS) is 11.2. The van der Waals surface area contributed by atoms with Gasteiger partial charge in [-0.1, -0.05) is 48.7 Å². The van der Waals surface area contributed by atoms with Gasteiger partial charge >= 0.3 is 0 Å². The van der Waals surface area contributed by atoms with E-state index in [1.165, 1.54) is 11.8 Å². The predicted molar refractivity (Wildman–Crippen MR) is 58.9 cm³/mol. The molecule has 4 heteroatoms. The molecule has 3 nitrogen and oxygen atoms in total. The van der Waals surface area contributed by atoms with E-state index in [1.807, 2.05) is 30.3 Å². The van der Waals surface area contributed by atoms with Crippen LogP contribution in [0.2, 0.25) is 0 Å². The number of amidine groups is 1. The Bertz CT molecular complexity index is 319. The molecule has 0 saturated carbocycles. The van der Waals surface area contributed by atoms with Crippen LogP contribution in [-0.4, -0.2) is 5.17 Å². The molecule has 0 spiro atoms. The molecule has 0 aromatic heterocycles. The molecule has 0 heterocycles. The van der Waals surface area contributed by atoms with Crippen molar-refractivity contribution in [2.75, 3.05) is 0 Å². The maximum absolute atomic E-state index is 5.44. The topological polar surface area (TPSA) is 64.4 Å². The minimum atomic E-state index is 0.314. The Hall–Kier alpha value is -1.42. The van der Waals surface area contributed by atoms with Crippen LogP contribution in [-0.2, 0) is 0 Å². The van der Waals surface area contributed by atoms with E-state index >= 15 is 0 Å². The summed E-state index contributed by atoms with van der Waals surface area (Å²) in [6.07, 6.45) is 0. The number of benzene rings is 1. The number of hydrogen-bond donors (Lipinski definition) is 2. The lowest BCUT2D eigenvalue weighted by atomic mass is 10.2. The summed E-state index contributed by atoms with van der Waals surface area (Å²) in [6.45, 7) is 3.86. The largest absolute Gasteiger partial charge is 0.377 e. The van der Waals surface area contributed by atoms with Gasteiger partial charge in [0.05, 0.1) is 0 Å². The Labute approximate surface area is 81.5 Å². The number of thioether (sulfide) groups is 1. The predicted octanol–water partition coefficient (Wildman–Crippen LogP) is 1.58. The average Bonchev–Trinajstić information content (AvgIpc) is 2.19. The van der Waals surface area contributed by atoms with Gasteiger partial charge in [-0.3, -0.25) is 0 Å². The number of hydrogen-bond acceptors (Lipinski definition) is 3. The zero-order valence-electron chi connectivity index (χ0n) is 7.10. The highest BCUT2D eigenvalue weighted by molar-refractivity contribution is 8.21. The first-order valence-electron chi connectivity index (χ1n) is 3.69. The molecule has 0 aliphatic heterocycles. The molecule has 68 valence electrons. The first kappa shape index (κ1) is 9.67. The number of hydrazone groups is 1. The van der Waals surface area contributed by atoms with Gasteiger partial charge in [-0.2, -0.15) is 5.10 Å². The fraction of sp³-hybridized carbons (Fsp3) is 0. The summed E-state index contributed by atoms with van der Waals surface area (Å²) in [7, 11) is 0. The molecule has 1 aromatic carbocycles. The van der Waals surface area contributed by atoms with Crippen molar-refractivity contribution >= 4 is 21.8 Å². The highest BCUT2D eigenvalue weighted by Gasteiger charge is 2.00. The Balaban J connectivity index is 2.70. The lowest BCUT2D eigenvalue weighted by molar-refractivity contribution is 1.25. The van der Waals surface area contributed by atoms with Gasteiger partial charge in [-0.15, -0.1) is 0 Å². The van der Waals surface area contributed by atoms with E-state index in [1.54, 1.807) is 0 Å². The Morgan fingerprint density at radius 1 is 1.31 bits per heavy atom. The van der Waals surface area contributed by atoms with Crippen molar-refractivity contribution in [2.45, 2.75) is 0 Å². The Morgan fingerprint density at radius 3 is 2.46 bits per heavy atom. The fourth-order valence-electron chi connectivity index (χ4n) is 0.836. The maximum Gasteiger partial charge on any atom is 0.182 e. The molecule has 0 aliphatic rings. The summed E-state index contributed by atoms with van der Waals surface area (Å²) in [5.74, 6) is 5.00. The molecule has 0 bridgehead atoms. The third-order valence-electron chi connectivity index (χ3n) is 1.45. The van der Waals surface area contributed by atoms with Crippen LogP contribution < -0.4 is 11.6 Å². The molecule has 0 aliphatic carbocycles. The van der Waals surface area contributed by atoms with Crippen molar-refractivity contribution < 1.29 is 0 Å². The van der Waals surface area contributed by atoms with Crippen molar-refractivity contribution in [3.05, 3.63) is 42.5 Å². The van der Waals surface area contributed by atoms with Crippen LogP contribution >= 0.6 is 11.8 Å². The van der Waals surface area contributed by atoms with Crippen molar-refractivity contribution in [2.24, 2.45) is 16.7 Å². The van der Waals surface area contributed by atoms with Crippen molar-refractivity contribution in [3.63, 3.8) is 0 Å². The minimum absolute atomic E-state index is 0.314. The summed E-state index contributed by atoms with van der Waals surface area (Å²) in [5, 5.41) is 3.66. The fourth-order valence-corrected chi connectivity index (χ4v) is 1.39. The van der Waals surface area contributed by atoms with Crippen LogP contribution in [0.15, 0.2) is 42.0 Å². The van der Waals surface area contributed by atoms with Gasteiger partial charge in [0.25, 0.3) is 0 Å². The van der Waals surface area contributed by atoms with E-state index in [9.17, 15) is 0 Å². The molecule has 0 atom stereocenters. The molecule has 0 amide bonds. The minimum Gasteiger partial charge on any atom is -0.377 e. The van der Waals surface area contributed by atoms with Gasteiger partial charge in [0, 0.05) is 4.91 Å². The summed E-state index contributed by atoms with van der Waals surface area (Å²) >= 11 is 1.26. The molecule has 0 fully saturated rings. The standard InChI is InChI=1S/C9H11N3S/c1-7(13-9(10)12-11)8-5-3-2-4-6-8/h2-6H,1,11H2,(H2,10,12). The van der Waals surface area contributed by atoms with Crippen LogP contribution in [0.3, 0.4) is 0 Å². The number of nitrogens with two attached hydrogens (primary N) is 2. The van der Waals surface area contributed by atoms with Crippen LogP contribution in [0.4, 0.5) is 0 Å². The second kappa shape index (κ2) is 4.57. The van der Waals surface area contributed by atoms with Crippen LogP contribution in [0, 0.1) is 0 Å². The highest BCUT2D eigenvalue weighted by Crippen LogP contribution is 2.24. The molecule has 1 rings (SSSR count). The van der Waals surface area contributed by atoms with E-state index in [0.717, 1.165) is 10.5 Å². The second-order valence-electron chi connectivity index (χ2n) is 2.36. The molecule has 1 aromatic rings. The SMILES string of the molecule is C=C(S/C(N)=N\N)c1ccccc1. The first-order chi connectivity index (χ1) is 6.24. The molecule has 0 radical (unpaired) electrons. The van der Waals surface area contributed by atoms with Crippen LogP contribution in [0.5, 0.6) is 0 Å². The van der Waals surface area contributed by atoms with Crippen molar-refractivity contribution in [1.29, 1.82) is 0 Å². The molecule has 0 unspecified atom stereocenters. The maximum atomic E-state index is 5.44. The molecular weight excluding hydrogens is 182 g/mol. The van der Waals surface area contributed by atoms with Crippen LogP contribution in [0.25, 0.3) is 4.91 Å². The van der Waals surface area contributed by atoms with Gasteiger partial charge in [-0.05, 0) is 5.56 Å². The van der Waals surface area contributed by atoms with E-state index in [-0.39, 0.29) is 0 Å². The molecular formula is C9H11N3S. The first-order valence-corrected chi connectivity index (χ1v) is 4.51. The van der Waals surface area contributed by atoms with Gasteiger partial charge in [-0.25, -0.2) is 0 Å². The smallest absolute Gasteiger partial charge is 0.182 e. The Kier molecular flexibility index (Phi) is 3.40. The van der Waals surface area contributed by atoms with Crippen molar-refractivity contribution in [3.8, 4) is 0 Å². The summed E-state index contributed by atoms with van der Waals surface area (Å²) in [5.41, 5.74) is 6.47. The van der Waals surface area contributed by atoms with Gasteiger partial charge in [0.1, 0.15) is 0 Å². The van der Waals surface area contributed by atoms with Crippen molar-refractivity contribution in [1.82, 2.24) is 0 Å². The number of rotatable bonds is 2. The second-order valence-corrected chi connectivity index (χ2v) is 3.47. The van der Waals surface area contributed by atoms with Gasteiger partial charge in [0.2, 0.25) is 0 Å². The van der Waals surface area contributed by atoms with Gasteiger partial charge in [0.15, 0.2) is 5.17 Å². The van der Waals surface area contributed by atoms with E-state index in [4.69, 9.17) is 11.6 Å². The monoisotopic (exact) mass is 193 g/mol. The summed E-state index contributed by atoms with van der Waals surface area (Å²) in [4.78, 5) is 0.840. The molecule has 0 saturated heterocycles. The highest BCUT2D eigenvalue weighted by atomic mass is 32.2. The van der Waals surface area contributed by atoms with Gasteiger partial charge < -0.3 is 11.6 Å². The average molecular weight is 193 g/mol. The zero-order chi connectivity index (χ0) is 9.68. The lowest BCUT2D eigenvalue weighted by Gasteiger charge is -2.02. The number of nitrogens with zero attached hydrogens (tertiary/aromatic N) is 1. The molecule has 13 heavy (non-hydrogen) atoms. The third kappa shape index (κ3) is 2.83. The van der Waals surface area contributed by atoms with E-state index in [2.05, 4.69) is 11.7 Å². The van der Waals surface area contributed by atoms with E-state index < -0.39 is 0 Å². The van der Waals surface area contributed by atoms with E-state index in [0.29, 0.717) is 5.17 Å². The molecule has 4 N–H and O–H groups in total. The quantitative estimate of drug-likeness (QED) is 0.324. The summed E-state index contributed by atoms with van der Waals surface area (Å²) in [6, 6.07) is 9.74. The lowest BCUT2D eigenvalue weighted by Crippen LogP contribution is -2.08. The Morgan fingerprint density at radius 2 is 1.92 bits per heavy atom. The summed E-state index contributed by atoms with van der Waals surface area (Å²) < 4.78 is 0. The van der Waals surface area contributed by atoms with Crippen LogP contribution in [0.1, 0.15) is 5.56 Å². The zero-order valence-corrected chi connectivity index (χ0v) is 7.92.